The van der Waals surface area contributed by atoms with Crippen LogP contribution < -0.4 is 16.6 Å². The number of aryl methyl sites for hydroxylation is 1. The van der Waals surface area contributed by atoms with Gasteiger partial charge in [-0.3, -0.25) is 18.9 Å². The molecule has 0 aromatic carbocycles. The molecule has 3 fully saturated rings. The molecule has 0 spiro atoms. The lowest BCUT2D eigenvalue weighted by molar-refractivity contribution is -0.0729. The minimum atomic E-state index is -3.65. The fourth-order valence-corrected chi connectivity index (χ4v) is 13.4. The predicted molar refractivity (Wildman–Crippen MR) is 278 cm³/mol. The fraction of sp³-hybridized carbons (Fsp3) is 0.868. The van der Waals surface area contributed by atoms with Gasteiger partial charge in [0.15, 0.2) is 0 Å². The molecule has 1 aromatic heterocycles. The molecule has 1 amide bonds. The van der Waals surface area contributed by atoms with Crippen molar-refractivity contribution in [2.24, 2.45) is 40.4 Å². The van der Waals surface area contributed by atoms with Crippen LogP contribution in [0.2, 0.25) is 0 Å². The summed E-state index contributed by atoms with van der Waals surface area (Å²) in [6.07, 6.45) is 16.0. The van der Waals surface area contributed by atoms with E-state index in [0.29, 0.717) is 63.4 Å². The van der Waals surface area contributed by atoms with Crippen LogP contribution in [0.4, 0.5) is 4.79 Å². The zero-order valence-electron chi connectivity index (χ0n) is 44.7. The summed E-state index contributed by atoms with van der Waals surface area (Å²) in [6, 6.07) is 0. The van der Waals surface area contributed by atoms with E-state index < -0.39 is 41.6 Å². The number of fused-ring (bicyclic) bond motifs is 3. The summed E-state index contributed by atoms with van der Waals surface area (Å²) >= 11 is 4.39. The molecular formula is C53H92N3O12PS. The van der Waals surface area contributed by atoms with E-state index in [9.17, 15) is 18.9 Å². The number of hydrogen-bond acceptors (Lipinski definition) is 12. The van der Waals surface area contributed by atoms with Crippen molar-refractivity contribution in [1.82, 2.24) is 14.9 Å². The molecule has 2 heterocycles. The zero-order chi connectivity index (χ0) is 51.3. The molecule has 11 atom stereocenters. The maximum Gasteiger partial charge on any atom is 0.407 e. The summed E-state index contributed by atoms with van der Waals surface area (Å²) < 4.78 is 61.9. The van der Waals surface area contributed by atoms with Crippen molar-refractivity contribution < 1.29 is 47.0 Å². The van der Waals surface area contributed by atoms with E-state index in [2.05, 4.69) is 70.2 Å². The van der Waals surface area contributed by atoms with Gasteiger partial charge in [0.05, 0.1) is 58.5 Å². The first-order chi connectivity index (χ1) is 33.1. The minimum Gasteiger partial charge on any atom is -0.446 e. The quantitative estimate of drug-likeness (QED) is 0.0300. The Morgan fingerprint density at radius 2 is 1.67 bits per heavy atom. The number of rotatable bonds is 29. The number of carbonyl (C=O) groups excluding carboxylic acids is 1. The van der Waals surface area contributed by atoms with Crippen LogP contribution in [-0.4, -0.2) is 105 Å². The molecular weight excluding hydrogens is 934 g/mol. The number of aromatic amines is 1. The first-order valence-corrected chi connectivity index (χ1v) is 29.5. The van der Waals surface area contributed by atoms with Gasteiger partial charge in [0.2, 0.25) is 0 Å². The van der Waals surface area contributed by atoms with Crippen molar-refractivity contribution in [3.8, 4) is 0 Å². The highest BCUT2D eigenvalue weighted by Gasteiger charge is 2.54. The van der Waals surface area contributed by atoms with Gasteiger partial charge in [-0.25, -0.2) is 9.59 Å². The Kier molecular flexibility index (Phi) is 22.7. The van der Waals surface area contributed by atoms with Gasteiger partial charge in [-0.15, -0.1) is 0 Å². The number of thiol groups is 1. The van der Waals surface area contributed by atoms with Crippen molar-refractivity contribution in [3.05, 3.63) is 44.2 Å². The van der Waals surface area contributed by atoms with Crippen LogP contribution in [0.3, 0.4) is 0 Å². The molecule has 1 aliphatic heterocycles. The van der Waals surface area contributed by atoms with Gasteiger partial charge < -0.3 is 43.0 Å². The smallest absolute Gasteiger partial charge is 0.407 e. The molecule has 2 saturated carbocycles. The molecule has 70 heavy (non-hydrogen) atoms. The number of alkyl carbamates (subject to hydrolysis) is 1. The van der Waals surface area contributed by atoms with E-state index in [4.69, 9.17) is 37.7 Å². The molecule has 15 nitrogen and oxygen atoms in total. The predicted octanol–water partition coefficient (Wildman–Crippen LogP) is 10.8. The van der Waals surface area contributed by atoms with Crippen molar-refractivity contribution in [3.63, 3.8) is 0 Å². The number of H-pyrrole nitrogens is 1. The standard InChI is InChI=1S/C53H92N3O12PS/c1-12-43-42-18-17-40-31-41(19-22-53(40,11)44(42)20-21-52(43,10)33-38(6)16-13-15-36(2)3)67-50(59)54-23-14-24-61-25-26-62-27-28-63-29-30-64-51(8,9)69(60,70)65-35-46-45(66-37(4)5)32-47(68-46)56-34-39(7)48(57)55-49(56)58/h17,34,36-38,41-47H,12-16,18-33,35H2,1-11H3,(H,54,59)(H,60,70)(H,55,57,58)/t38-,41+,42+,43+,44+,45?,46?,47?,52-,53+,69?/m1/s1. The number of nitrogens with one attached hydrogen (secondary N) is 2. The highest BCUT2D eigenvalue weighted by Crippen LogP contribution is 2.64. The van der Waals surface area contributed by atoms with Crippen LogP contribution in [0, 0.1) is 47.3 Å². The van der Waals surface area contributed by atoms with Gasteiger partial charge in [0.1, 0.15) is 23.8 Å². The van der Waals surface area contributed by atoms with Crippen LogP contribution in [0.15, 0.2) is 27.4 Å². The Bertz CT molecular complexity index is 1990. The molecule has 4 unspecified atom stereocenters. The molecule has 4 aliphatic rings. The van der Waals surface area contributed by atoms with Gasteiger partial charge in [-0.1, -0.05) is 91.1 Å². The molecule has 0 radical (unpaired) electrons. The lowest BCUT2D eigenvalue weighted by atomic mass is 9.46. The number of allylic oxidation sites excluding steroid dienone is 1. The summed E-state index contributed by atoms with van der Waals surface area (Å²) in [5.74, 6) is 3.83. The number of hydrogen-bond donors (Lipinski definition) is 3. The SMILES string of the molecule is CC[C@H]1[C@@H]2CC=C3C[C@@H](OC(=O)NCCCOCCOCCOCCOC(C)(C)P(=O)(S)OCC4OC(n5cc(C)c(=O)[nH]c5=O)CC4OC(C)C)CC[C@]3(C)[C@H]2CC[C@]1(C)C[C@H](C)CCCC(C)C. The van der Waals surface area contributed by atoms with Crippen molar-refractivity contribution in [2.45, 2.75) is 196 Å². The van der Waals surface area contributed by atoms with E-state index in [1.54, 1.807) is 20.8 Å². The third-order valence-corrected chi connectivity index (χ3v) is 19.7. The Balaban J connectivity index is 0.889. The van der Waals surface area contributed by atoms with Crippen LogP contribution >= 0.6 is 18.8 Å². The van der Waals surface area contributed by atoms with E-state index in [1.165, 1.54) is 67.7 Å². The van der Waals surface area contributed by atoms with E-state index in [-0.39, 0.29) is 43.5 Å². The summed E-state index contributed by atoms with van der Waals surface area (Å²) in [6.45, 7) is 22.6. The molecule has 2 N–H and O–H groups in total. The lowest BCUT2D eigenvalue weighted by Gasteiger charge is -2.59. The molecule has 1 saturated heterocycles. The minimum absolute atomic E-state index is 0.0734. The maximum absolute atomic E-state index is 13.6. The van der Waals surface area contributed by atoms with E-state index in [1.807, 2.05) is 13.8 Å². The number of nitrogens with zero attached hydrogens (tertiary/aromatic N) is 1. The van der Waals surface area contributed by atoms with Crippen molar-refractivity contribution >= 4 is 24.9 Å². The lowest BCUT2D eigenvalue weighted by Crippen LogP contribution is -2.51. The number of amides is 1. The monoisotopic (exact) mass is 1030 g/mol. The van der Waals surface area contributed by atoms with Crippen LogP contribution in [0.1, 0.15) is 164 Å². The third-order valence-electron chi connectivity index (χ3n) is 15.9. The molecule has 5 rings (SSSR count). The summed E-state index contributed by atoms with van der Waals surface area (Å²) in [7, 11) is 0. The summed E-state index contributed by atoms with van der Waals surface area (Å²) in [5.41, 5.74) is 1.49. The van der Waals surface area contributed by atoms with Gasteiger partial charge in [0.25, 0.3) is 12.1 Å². The largest absolute Gasteiger partial charge is 0.446 e. The van der Waals surface area contributed by atoms with Crippen molar-refractivity contribution in [1.29, 1.82) is 0 Å². The number of carbonyl (C=O) groups is 1. The second kappa shape index (κ2) is 27.0. The first kappa shape index (κ1) is 58.9. The van der Waals surface area contributed by atoms with Gasteiger partial charge in [-0.2, -0.15) is 0 Å². The average molecular weight is 1030 g/mol. The molecule has 1 aromatic rings. The van der Waals surface area contributed by atoms with E-state index >= 15 is 0 Å². The van der Waals surface area contributed by atoms with Gasteiger partial charge in [-0.05, 0) is 120 Å². The molecule has 17 heteroatoms. The first-order valence-electron chi connectivity index (χ1n) is 26.7. The number of aromatic nitrogens is 2. The van der Waals surface area contributed by atoms with Gasteiger partial charge in [0, 0.05) is 37.8 Å². The Morgan fingerprint density at radius 3 is 2.34 bits per heavy atom. The van der Waals surface area contributed by atoms with Gasteiger partial charge >= 0.3 is 11.8 Å². The molecule has 402 valence electrons. The summed E-state index contributed by atoms with van der Waals surface area (Å²) in [5, 5.41) is 1.68. The normalized spacial score (nSPS) is 29.3. The topological polar surface area (TPSA) is 175 Å². The highest BCUT2D eigenvalue weighted by atomic mass is 32.7. The van der Waals surface area contributed by atoms with Crippen LogP contribution in [-0.2, 0) is 42.2 Å². The summed E-state index contributed by atoms with van der Waals surface area (Å²) in [4.78, 5) is 39.5. The van der Waals surface area contributed by atoms with E-state index in [0.717, 1.165) is 48.9 Å². The van der Waals surface area contributed by atoms with Crippen LogP contribution in [0.25, 0.3) is 0 Å². The second-order valence-corrected chi connectivity index (χ2v) is 26.5. The third kappa shape index (κ3) is 16.2. The van der Waals surface area contributed by atoms with Crippen molar-refractivity contribution in [2.75, 3.05) is 59.4 Å². The average Bonchev–Trinajstić information content (AvgIpc) is 3.67. The molecule has 3 aliphatic carbocycles. The second-order valence-electron chi connectivity index (χ2n) is 22.6. The Hall–Kier alpha value is -2.01. The number of ether oxygens (including phenoxy) is 7. The zero-order valence-corrected chi connectivity index (χ0v) is 46.5. The van der Waals surface area contributed by atoms with Crippen LogP contribution in [0.5, 0.6) is 0 Å². The maximum atomic E-state index is 13.6. The Morgan fingerprint density at radius 1 is 0.986 bits per heavy atom. The Labute approximate surface area is 424 Å². The molecule has 0 bridgehead atoms. The highest BCUT2D eigenvalue weighted by molar-refractivity contribution is 8.46. The fourth-order valence-electron chi connectivity index (χ4n) is 12.1.